The van der Waals surface area contributed by atoms with Gasteiger partial charge in [-0.15, -0.1) is 0 Å². The number of aromatic nitrogens is 1. The Morgan fingerprint density at radius 2 is 1.32 bits per heavy atom. The van der Waals surface area contributed by atoms with Crippen molar-refractivity contribution in [3.05, 3.63) is 49.9 Å². The van der Waals surface area contributed by atoms with Gasteiger partial charge in [0.25, 0.3) is 0 Å². The van der Waals surface area contributed by atoms with Crippen molar-refractivity contribution < 1.29 is 4.42 Å². The molecule has 0 bridgehead atoms. The van der Waals surface area contributed by atoms with Crippen LogP contribution in [0.3, 0.4) is 0 Å². The fourth-order valence-corrected chi connectivity index (χ4v) is 5.96. The quantitative estimate of drug-likeness (QED) is 0.161. The Labute approximate surface area is 223 Å². The van der Waals surface area contributed by atoms with Crippen molar-refractivity contribution in [3.63, 3.8) is 0 Å². The van der Waals surface area contributed by atoms with Crippen LogP contribution in [-0.2, 0) is 0 Å². The van der Waals surface area contributed by atoms with Crippen molar-refractivity contribution in [2.75, 3.05) is 25.5 Å². The molecule has 198 valence electrons. The summed E-state index contributed by atoms with van der Waals surface area (Å²) in [6.45, 7) is 25.3. The lowest BCUT2D eigenvalue weighted by atomic mass is 9.87. The van der Waals surface area contributed by atoms with Gasteiger partial charge in [-0.2, -0.15) is 0 Å². The maximum absolute atomic E-state index is 6.86. The van der Waals surface area contributed by atoms with Gasteiger partial charge in [0.2, 0.25) is 0 Å². The van der Waals surface area contributed by atoms with Crippen molar-refractivity contribution in [3.8, 4) is 11.5 Å². The van der Waals surface area contributed by atoms with Gasteiger partial charge >= 0.3 is 0 Å². The van der Waals surface area contributed by atoms with Gasteiger partial charge in [0, 0.05) is 48.2 Å². The normalized spacial score (nSPS) is 12.9. The zero-order valence-corrected chi connectivity index (χ0v) is 25.4. The number of hydrogen-bond donors (Lipinski definition) is 0. The average Bonchev–Trinajstić information content (AvgIpc) is 2.82. The van der Waals surface area contributed by atoms with Crippen molar-refractivity contribution in [1.29, 1.82) is 0 Å². The molecule has 2 aromatic carbocycles. The Hall–Kier alpha value is -2.88. The van der Waals surface area contributed by atoms with Crippen LogP contribution in [0.25, 0.3) is 33.3 Å². The largest absolute Gasteiger partial charge is 0.452 e. The molecule has 0 saturated carbocycles. The van der Waals surface area contributed by atoms with Crippen LogP contribution in [0.15, 0.2) is 9.41 Å². The van der Waals surface area contributed by atoms with E-state index in [1.54, 1.807) is 0 Å². The van der Waals surface area contributed by atoms with Gasteiger partial charge in [0.15, 0.2) is 11.3 Å². The first-order chi connectivity index (χ1) is 17.2. The van der Waals surface area contributed by atoms with Crippen molar-refractivity contribution in [1.82, 2.24) is 4.98 Å². The fourth-order valence-electron chi connectivity index (χ4n) is 5.96. The van der Waals surface area contributed by atoms with Crippen LogP contribution in [0.2, 0.25) is 0 Å². The lowest BCUT2D eigenvalue weighted by Gasteiger charge is -2.24. The molecular formula is C33H45N3O. The summed E-state index contributed by atoms with van der Waals surface area (Å²) >= 11 is 0. The Morgan fingerprint density at radius 3 is 1.89 bits per heavy atom. The molecule has 1 heterocycles. The maximum Gasteiger partial charge on any atom is 0.158 e. The van der Waals surface area contributed by atoms with Gasteiger partial charge in [-0.05, 0) is 107 Å². The monoisotopic (exact) mass is 499 g/mol. The van der Waals surface area contributed by atoms with E-state index in [-0.39, 0.29) is 0 Å². The van der Waals surface area contributed by atoms with E-state index in [1.165, 1.54) is 49.8 Å². The topological polar surface area (TPSA) is 41.6 Å². The van der Waals surface area contributed by atoms with Gasteiger partial charge in [-0.1, -0.05) is 20.8 Å². The van der Waals surface area contributed by atoms with Gasteiger partial charge < -0.3 is 9.32 Å². The molecule has 2 aliphatic rings. The molecule has 1 aliphatic carbocycles. The van der Waals surface area contributed by atoms with Crippen LogP contribution in [0.5, 0.6) is 0 Å². The summed E-state index contributed by atoms with van der Waals surface area (Å²) in [5.41, 5.74) is 14.2. The Kier molecular flexibility index (Phi) is 6.94. The third kappa shape index (κ3) is 4.43. The van der Waals surface area contributed by atoms with Gasteiger partial charge in [-0.3, -0.25) is 4.99 Å². The Balaban J connectivity index is 2.20. The molecule has 0 saturated heterocycles. The van der Waals surface area contributed by atoms with Crippen LogP contribution >= 0.6 is 0 Å². The zero-order valence-electron chi connectivity index (χ0n) is 25.4. The lowest BCUT2D eigenvalue weighted by Crippen LogP contribution is -2.17. The highest BCUT2D eigenvalue weighted by Gasteiger charge is 2.26. The van der Waals surface area contributed by atoms with E-state index in [0.717, 1.165) is 58.4 Å². The van der Waals surface area contributed by atoms with Crippen LogP contribution in [-0.4, -0.2) is 25.6 Å². The minimum atomic E-state index is 0.312. The first-order valence-electron chi connectivity index (χ1n) is 13.6. The van der Waals surface area contributed by atoms with Crippen LogP contribution in [0.1, 0.15) is 78.1 Å². The maximum atomic E-state index is 6.86. The molecule has 0 unspecified atom stereocenters. The molecule has 4 nitrogen and oxygen atoms in total. The van der Waals surface area contributed by atoms with Crippen LogP contribution < -0.4 is 10.3 Å². The van der Waals surface area contributed by atoms with E-state index < -0.39 is 0 Å². The molecule has 0 N–H and O–H groups in total. The third-order valence-electron chi connectivity index (χ3n) is 8.49. The second-order valence-electron chi connectivity index (χ2n) is 12.5. The number of hydrogen-bond acceptors (Lipinski definition) is 4. The van der Waals surface area contributed by atoms with E-state index in [1.807, 2.05) is 0 Å². The minimum Gasteiger partial charge on any atom is -0.452 e. The molecule has 2 aromatic rings. The first kappa shape index (κ1) is 27.2. The SMILES string of the molecule is Cc1c(N(C)C)c(C)c2oc3c(C)c(=NCCCC(C)(C)C)c4c(C)c(C)c(C)c(C)c4c-3nc2c1C. The molecule has 0 amide bonds. The number of anilines is 1. The van der Waals surface area contributed by atoms with E-state index in [2.05, 4.69) is 95.2 Å². The highest BCUT2D eigenvalue weighted by atomic mass is 16.3. The molecule has 37 heavy (non-hydrogen) atoms. The molecule has 1 aliphatic heterocycles. The number of rotatable bonds is 4. The summed E-state index contributed by atoms with van der Waals surface area (Å²) in [6, 6.07) is 0. The molecule has 0 radical (unpaired) electrons. The number of fused-ring (bicyclic) bond motifs is 4. The van der Waals surface area contributed by atoms with Crippen molar-refractivity contribution >= 4 is 27.6 Å². The summed E-state index contributed by atoms with van der Waals surface area (Å²) < 4.78 is 6.86. The summed E-state index contributed by atoms with van der Waals surface area (Å²) in [5.74, 6) is 0.858. The second kappa shape index (κ2) is 9.45. The predicted molar refractivity (Wildman–Crippen MR) is 159 cm³/mol. The van der Waals surface area contributed by atoms with E-state index in [0.29, 0.717) is 5.41 Å². The van der Waals surface area contributed by atoms with Crippen LogP contribution in [0, 0.1) is 60.8 Å². The van der Waals surface area contributed by atoms with Gasteiger partial charge in [0.1, 0.15) is 11.2 Å². The standard InChI is InChI=1S/C33H45N3O/c1-17-18(2)20(4)26-25(19(17)3)27(34-16-14-15-33(9,10)11)23(7)31-29(26)35-28-21(5)22(6)30(36(12)13)24(8)32(28)37-31/h14-16H2,1-13H3. The van der Waals surface area contributed by atoms with E-state index in [9.17, 15) is 0 Å². The molecule has 4 rings (SSSR count). The van der Waals surface area contributed by atoms with E-state index in [4.69, 9.17) is 14.4 Å². The molecule has 0 atom stereocenters. The average molecular weight is 500 g/mol. The molecule has 0 fully saturated rings. The van der Waals surface area contributed by atoms with E-state index >= 15 is 0 Å². The Bertz CT molecular complexity index is 1580. The van der Waals surface area contributed by atoms with Crippen molar-refractivity contribution in [2.24, 2.45) is 10.4 Å². The Morgan fingerprint density at radius 1 is 0.730 bits per heavy atom. The molecule has 0 spiro atoms. The predicted octanol–water partition coefficient (Wildman–Crippen LogP) is 8.35. The minimum absolute atomic E-state index is 0.312. The smallest absolute Gasteiger partial charge is 0.158 e. The summed E-state index contributed by atoms with van der Waals surface area (Å²) in [7, 11) is 4.19. The number of nitrogens with zero attached hydrogens (tertiary/aromatic N) is 3. The molecular weight excluding hydrogens is 454 g/mol. The second-order valence-corrected chi connectivity index (χ2v) is 12.5. The lowest BCUT2D eigenvalue weighted by molar-refractivity contribution is 0.368. The third-order valence-corrected chi connectivity index (χ3v) is 8.49. The van der Waals surface area contributed by atoms with Gasteiger partial charge in [-0.25, -0.2) is 4.98 Å². The van der Waals surface area contributed by atoms with Crippen molar-refractivity contribution in [2.45, 2.75) is 89.0 Å². The highest BCUT2D eigenvalue weighted by Crippen LogP contribution is 2.41. The first-order valence-corrected chi connectivity index (χ1v) is 13.6. The summed E-state index contributed by atoms with van der Waals surface area (Å²) in [4.78, 5) is 12.8. The summed E-state index contributed by atoms with van der Waals surface area (Å²) in [6.07, 6.45) is 2.22. The number of benzene rings is 3. The zero-order chi connectivity index (χ0) is 27.6. The van der Waals surface area contributed by atoms with Gasteiger partial charge in [0.05, 0.1) is 5.36 Å². The highest BCUT2D eigenvalue weighted by molar-refractivity contribution is 6.03. The fraction of sp³-hybridized carbons (Fsp3) is 0.515. The van der Waals surface area contributed by atoms with Crippen LogP contribution in [0.4, 0.5) is 5.69 Å². The molecule has 4 heteroatoms. The molecule has 0 aromatic heterocycles. The summed E-state index contributed by atoms with van der Waals surface area (Å²) in [5, 5.41) is 3.49. The number of aryl methyl sites for hydroxylation is 4.